The summed E-state index contributed by atoms with van der Waals surface area (Å²) in [7, 11) is 0. The van der Waals surface area contributed by atoms with E-state index in [4.69, 9.17) is 33.0 Å². The third-order valence-electron chi connectivity index (χ3n) is 3.47. The van der Waals surface area contributed by atoms with Crippen molar-refractivity contribution in [3.05, 3.63) is 40.4 Å². The lowest BCUT2D eigenvalue weighted by molar-refractivity contribution is 0.0918. The summed E-state index contributed by atoms with van der Waals surface area (Å²) in [6.07, 6.45) is 1.01. The molecule has 0 unspecified atom stereocenters. The Bertz CT molecular complexity index is 618. The number of carbonyl (C=O) groups excluding carboxylic acids is 1. The summed E-state index contributed by atoms with van der Waals surface area (Å²) in [6.45, 7) is 4.30. The molecule has 0 bridgehead atoms. The second-order valence-electron chi connectivity index (χ2n) is 4.94. The number of ketones is 1. The van der Waals surface area contributed by atoms with Gasteiger partial charge in [-0.15, -0.1) is 0 Å². The molecule has 1 aliphatic rings. The van der Waals surface area contributed by atoms with Crippen LogP contribution in [0.2, 0.25) is 10.0 Å². The van der Waals surface area contributed by atoms with Crippen molar-refractivity contribution in [2.75, 3.05) is 19.7 Å². The highest BCUT2D eigenvalue weighted by atomic mass is 35.5. The van der Waals surface area contributed by atoms with Crippen LogP contribution < -0.4 is 4.74 Å². The molecule has 0 radical (unpaired) electrons. The lowest BCUT2D eigenvalue weighted by Gasteiger charge is -2.15. The summed E-state index contributed by atoms with van der Waals surface area (Å²) >= 11 is 11.9. The number of hydrogen-bond donors (Lipinski definition) is 1. The molecule has 5 nitrogen and oxygen atoms in total. The van der Waals surface area contributed by atoms with E-state index in [1.165, 1.54) is 17.0 Å². The molecular weight excluding hydrogens is 329 g/mol. The van der Waals surface area contributed by atoms with Crippen LogP contribution in [0.25, 0.3) is 0 Å². The third-order valence-corrected chi connectivity index (χ3v) is 4.20. The molecule has 22 heavy (non-hydrogen) atoms. The summed E-state index contributed by atoms with van der Waals surface area (Å²) in [6, 6.07) is 2.96. The Hall–Kier alpha value is -1.72. The van der Waals surface area contributed by atoms with Crippen molar-refractivity contribution in [3.63, 3.8) is 0 Å². The zero-order chi connectivity index (χ0) is 16.3. The normalized spacial score (nSPS) is 17.4. The van der Waals surface area contributed by atoms with Crippen LogP contribution >= 0.6 is 23.2 Å². The number of Topliss-reactive ketones (excluding diaryl/α,β-unsaturated/α-hetero) is 1. The van der Waals surface area contributed by atoms with Crippen molar-refractivity contribution in [2.24, 2.45) is 5.92 Å². The van der Waals surface area contributed by atoms with Crippen molar-refractivity contribution >= 4 is 35.1 Å². The minimum atomic E-state index is -1.02. The monoisotopic (exact) mass is 343 g/mol. The lowest BCUT2D eigenvalue weighted by atomic mass is 9.96. The maximum Gasteiger partial charge on any atom is 0.407 e. The first-order valence-electron chi connectivity index (χ1n) is 6.69. The summed E-state index contributed by atoms with van der Waals surface area (Å²) < 4.78 is 5.47. The molecule has 1 heterocycles. The molecule has 1 fully saturated rings. The third kappa shape index (κ3) is 3.54. The van der Waals surface area contributed by atoms with Crippen LogP contribution in [-0.4, -0.2) is 41.6 Å². The molecule has 1 aromatic carbocycles. The zero-order valence-electron chi connectivity index (χ0n) is 11.7. The average molecular weight is 344 g/mol. The number of carboxylic acid groups (broad SMARTS) is 1. The van der Waals surface area contributed by atoms with Gasteiger partial charge in [0.1, 0.15) is 12.4 Å². The SMILES string of the molecule is C=CCOc1cc(Cl)c(Cl)cc1C(=O)[C@H]1CCN(C(=O)O)C1. The molecule has 1 N–H and O–H groups in total. The molecule has 0 saturated carbocycles. The number of ether oxygens (including phenoxy) is 1. The van der Waals surface area contributed by atoms with Gasteiger partial charge in [0.25, 0.3) is 0 Å². The number of carbonyl (C=O) groups is 2. The van der Waals surface area contributed by atoms with E-state index in [1.54, 1.807) is 6.08 Å². The predicted molar refractivity (Wildman–Crippen MR) is 84.2 cm³/mol. The Morgan fingerprint density at radius 1 is 1.41 bits per heavy atom. The summed E-state index contributed by atoms with van der Waals surface area (Å²) in [5.41, 5.74) is 0.313. The second-order valence-corrected chi connectivity index (χ2v) is 5.75. The number of amides is 1. The van der Waals surface area contributed by atoms with Gasteiger partial charge in [0.05, 0.1) is 15.6 Å². The molecule has 2 rings (SSSR count). The molecule has 1 atom stereocenters. The Morgan fingerprint density at radius 3 is 2.68 bits per heavy atom. The summed E-state index contributed by atoms with van der Waals surface area (Å²) in [5, 5.41) is 9.52. The van der Waals surface area contributed by atoms with Gasteiger partial charge in [-0.25, -0.2) is 4.79 Å². The van der Waals surface area contributed by atoms with Gasteiger partial charge >= 0.3 is 6.09 Å². The van der Waals surface area contributed by atoms with Crippen LogP contribution in [-0.2, 0) is 0 Å². The standard InChI is InChI=1S/C15H15Cl2NO4/c1-2-5-22-13-7-12(17)11(16)6-10(13)14(19)9-3-4-18(8-9)15(20)21/h2,6-7,9H,1,3-5,8H2,(H,20,21)/t9-/m0/s1. The van der Waals surface area contributed by atoms with Gasteiger partial charge in [-0.2, -0.15) is 0 Å². The first kappa shape index (κ1) is 16.6. The van der Waals surface area contributed by atoms with E-state index in [9.17, 15) is 9.59 Å². The van der Waals surface area contributed by atoms with Crippen LogP contribution in [0.3, 0.4) is 0 Å². The number of halogens is 2. The van der Waals surface area contributed by atoms with Crippen molar-refractivity contribution in [1.82, 2.24) is 4.90 Å². The minimum absolute atomic E-state index is 0.176. The Balaban J connectivity index is 2.26. The lowest BCUT2D eigenvalue weighted by Crippen LogP contribution is -2.28. The zero-order valence-corrected chi connectivity index (χ0v) is 13.2. The number of nitrogens with zero attached hydrogens (tertiary/aromatic N) is 1. The number of hydrogen-bond acceptors (Lipinski definition) is 3. The van der Waals surface area contributed by atoms with Gasteiger partial charge in [0, 0.05) is 25.1 Å². The maximum absolute atomic E-state index is 12.6. The minimum Gasteiger partial charge on any atom is -0.489 e. The van der Waals surface area contributed by atoms with E-state index < -0.39 is 12.0 Å². The van der Waals surface area contributed by atoms with Gasteiger partial charge in [0.2, 0.25) is 0 Å². The molecule has 1 saturated heterocycles. The van der Waals surface area contributed by atoms with E-state index in [2.05, 4.69) is 6.58 Å². The van der Waals surface area contributed by atoms with Crippen LogP contribution in [0.15, 0.2) is 24.8 Å². The van der Waals surface area contributed by atoms with Gasteiger partial charge in [-0.3, -0.25) is 4.79 Å². The predicted octanol–water partition coefficient (Wildman–Crippen LogP) is 3.74. The number of rotatable bonds is 5. The molecule has 0 aliphatic carbocycles. The molecule has 1 aliphatic heterocycles. The molecule has 1 amide bonds. The Morgan fingerprint density at radius 2 is 2.09 bits per heavy atom. The molecule has 118 valence electrons. The highest BCUT2D eigenvalue weighted by Crippen LogP contribution is 2.33. The molecule has 7 heteroatoms. The van der Waals surface area contributed by atoms with E-state index in [1.807, 2.05) is 0 Å². The fraction of sp³-hybridized carbons (Fsp3) is 0.333. The quantitative estimate of drug-likeness (QED) is 0.653. The Labute approximate surface area is 138 Å². The van der Waals surface area contributed by atoms with Crippen LogP contribution in [0.1, 0.15) is 16.8 Å². The Kier molecular flexibility index (Phi) is 5.32. The number of likely N-dealkylation sites (tertiary alicyclic amines) is 1. The number of benzene rings is 1. The summed E-state index contributed by atoms with van der Waals surface area (Å²) in [5.74, 6) is -0.270. The van der Waals surface area contributed by atoms with Crippen molar-refractivity contribution < 1.29 is 19.4 Å². The van der Waals surface area contributed by atoms with Gasteiger partial charge in [0.15, 0.2) is 5.78 Å². The highest BCUT2D eigenvalue weighted by Gasteiger charge is 2.33. The highest BCUT2D eigenvalue weighted by molar-refractivity contribution is 6.42. The van der Waals surface area contributed by atoms with Crippen molar-refractivity contribution in [3.8, 4) is 5.75 Å². The first-order valence-corrected chi connectivity index (χ1v) is 7.44. The van der Waals surface area contributed by atoms with Crippen LogP contribution in [0.4, 0.5) is 4.79 Å². The van der Waals surface area contributed by atoms with E-state index in [0.29, 0.717) is 24.3 Å². The molecule has 0 aromatic heterocycles. The van der Waals surface area contributed by atoms with Crippen LogP contribution in [0.5, 0.6) is 5.75 Å². The summed E-state index contributed by atoms with van der Waals surface area (Å²) in [4.78, 5) is 24.8. The van der Waals surface area contributed by atoms with Gasteiger partial charge < -0.3 is 14.7 Å². The topological polar surface area (TPSA) is 66.8 Å². The van der Waals surface area contributed by atoms with Crippen molar-refractivity contribution in [2.45, 2.75) is 6.42 Å². The van der Waals surface area contributed by atoms with E-state index >= 15 is 0 Å². The van der Waals surface area contributed by atoms with E-state index in [0.717, 1.165) is 0 Å². The first-order chi connectivity index (χ1) is 10.4. The van der Waals surface area contributed by atoms with Gasteiger partial charge in [-0.1, -0.05) is 35.9 Å². The van der Waals surface area contributed by atoms with Crippen LogP contribution in [0, 0.1) is 5.92 Å². The smallest absolute Gasteiger partial charge is 0.407 e. The molecule has 0 spiro atoms. The van der Waals surface area contributed by atoms with Crippen molar-refractivity contribution in [1.29, 1.82) is 0 Å². The maximum atomic E-state index is 12.6. The fourth-order valence-electron chi connectivity index (χ4n) is 2.36. The average Bonchev–Trinajstić information content (AvgIpc) is 2.97. The molecule has 1 aromatic rings. The molecular formula is C15H15Cl2NO4. The largest absolute Gasteiger partial charge is 0.489 e. The fourth-order valence-corrected chi connectivity index (χ4v) is 2.67. The second kappa shape index (κ2) is 7.03. The van der Waals surface area contributed by atoms with E-state index in [-0.39, 0.29) is 29.0 Å². The van der Waals surface area contributed by atoms with Gasteiger partial charge in [-0.05, 0) is 12.5 Å².